The SMILES string of the molecule is CCc1ccc(NC(=S)N(C)Cc2cccc(OC)c2OC)cc1. The minimum absolute atomic E-state index is 0.624. The largest absolute Gasteiger partial charge is 0.493 e. The minimum Gasteiger partial charge on any atom is -0.493 e. The maximum atomic E-state index is 5.50. The van der Waals surface area contributed by atoms with Gasteiger partial charge in [0.25, 0.3) is 0 Å². The van der Waals surface area contributed by atoms with E-state index >= 15 is 0 Å². The Balaban J connectivity index is 2.06. The monoisotopic (exact) mass is 344 g/mol. The number of para-hydroxylation sites is 1. The van der Waals surface area contributed by atoms with Gasteiger partial charge in [0.05, 0.1) is 14.2 Å². The summed E-state index contributed by atoms with van der Waals surface area (Å²) in [5.41, 5.74) is 3.31. The molecule has 1 N–H and O–H groups in total. The first-order chi connectivity index (χ1) is 11.6. The predicted molar refractivity (Wildman–Crippen MR) is 103 cm³/mol. The second-order valence-corrected chi connectivity index (χ2v) is 5.88. The smallest absolute Gasteiger partial charge is 0.173 e. The molecule has 0 spiro atoms. The zero-order valence-corrected chi connectivity index (χ0v) is 15.4. The summed E-state index contributed by atoms with van der Waals surface area (Å²) in [7, 11) is 5.24. The molecule has 0 radical (unpaired) electrons. The van der Waals surface area contributed by atoms with E-state index in [0.29, 0.717) is 11.7 Å². The Morgan fingerprint density at radius 2 is 1.79 bits per heavy atom. The van der Waals surface area contributed by atoms with Crippen LogP contribution in [0.3, 0.4) is 0 Å². The lowest BCUT2D eigenvalue weighted by Crippen LogP contribution is -2.30. The molecule has 5 heteroatoms. The van der Waals surface area contributed by atoms with Crippen LogP contribution in [0.25, 0.3) is 0 Å². The van der Waals surface area contributed by atoms with Crippen molar-refractivity contribution in [3.63, 3.8) is 0 Å². The minimum atomic E-state index is 0.624. The van der Waals surface area contributed by atoms with Gasteiger partial charge in [-0.15, -0.1) is 0 Å². The Kier molecular flexibility index (Phi) is 6.44. The number of ether oxygens (including phenoxy) is 2. The third-order valence-electron chi connectivity index (χ3n) is 3.85. The van der Waals surface area contributed by atoms with Crippen LogP contribution in [0.15, 0.2) is 42.5 Å². The van der Waals surface area contributed by atoms with Gasteiger partial charge >= 0.3 is 0 Å². The molecule has 0 amide bonds. The van der Waals surface area contributed by atoms with Crippen LogP contribution in [-0.2, 0) is 13.0 Å². The van der Waals surface area contributed by atoms with E-state index < -0.39 is 0 Å². The summed E-state index contributed by atoms with van der Waals surface area (Å²) in [6.45, 7) is 2.77. The summed E-state index contributed by atoms with van der Waals surface area (Å²) in [5.74, 6) is 1.46. The molecule has 0 fully saturated rings. The van der Waals surface area contributed by atoms with E-state index in [0.717, 1.165) is 29.2 Å². The zero-order valence-electron chi connectivity index (χ0n) is 14.6. The van der Waals surface area contributed by atoms with Crippen LogP contribution >= 0.6 is 12.2 Å². The van der Waals surface area contributed by atoms with Gasteiger partial charge in [-0.3, -0.25) is 0 Å². The lowest BCUT2D eigenvalue weighted by atomic mass is 10.1. The Hall–Kier alpha value is -2.27. The fourth-order valence-electron chi connectivity index (χ4n) is 2.45. The van der Waals surface area contributed by atoms with E-state index in [4.69, 9.17) is 21.7 Å². The van der Waals surface area contributed by atoms with Crippen LogP contribution in [0.1, 0.15) is 18.1 Å². The van der Waals surface area contributed by atoms with Crippen molar-refractivity contribution in [2.75, 3.05) is 26.6 Å². The van der Waals surface area contributed by atoms with E-state index in [2.05, 4.69) is 24.4 Å². The summed E-state index contributed by atoms with van der Waals surface area (Å²) in [4.78, 5) is 1.97. The molecule has 0 heterocycles. The van der Waals surface area contributed by atoms with Crippen molar-refractivity contribution in [2.24, 2.45) is 0 Å². The topological polar surface area (TPSA) is 33.7 Å². The molecule has 24 heavy (non-hydrogen) atoms. The summed E-state index contributed by atoms with van der Waals surface area (Å²) in [6.07, 6.45) is 1.03. The molecule has 0 aromatic heterocycles. The molecule has 4 nitrogen and oxygen atoms in total. The van der Waals surface area contributed by atoms with E-state index in [-0.39, 0.29) is 0 Å². The van der Waals surface area contributed by atoms with E-state index in [1.165, 1.54) is 5.56 Å². The number of anilines is 1. The van der Waals surface area contributed by atoms with Gasteiger partial charge in [-0.25, -0.2) is 0 Å². The van der Waals surface area contributed by atoms with Gasteiger partial charge in [0.2, 0.25) is 0 Å². The number of methoxy groups -OCH3 is 2. The highest BCUT2D eigenvalue weighted by molar-refractivity contribution is 7.80. The molecule has 0 unspecified atom stereocenters. The molecule has 0 atom stereocenters. The fourth-order valence-corrected chi connectivity index (χ4v) is 2.63. The fraction of sp³-hybridized carbons (Fsp3) is 0.316. The van der Waals surface area contributed by atoms with Crippen molar-refractivity contribution in [3.8, 4) is 11.5 Å². The van der Waals surface area contributed by atoms with Crippen molar-refractivity contribution in [2.45, 2.75) is 19.9 Å². The number of nitrogens with zero attached hydrogens (tertiary/aromatic N) is 1. The molecular weight excluding hydrogens is 320 g/mol. The van der Waals surface area contributed by atoms with Crippen LogP contribution in [0, 0.1) is 0 Å². The normalized spacial score (nSPS) is 10.2. The number of thiocarbonyl (C=S) groups is 1. The van der Waals surface area contributed by atoms with E-state index in [1.54, 1.807) is 14.2 Å². The average Bonchev–Trinajstić information content (AvgIpc) is 2.61. The van der Waals surface area contributed by atoms with Gasteiger partial charge in [-0.2, -0.15) is 0 Å². The van der Waals surface area contributed by atoms with Crippen molar-refractivity contribution in [3.05, 3.63) is 53.6 Å². The number of aryl methyl sites for hydroxylation is 1. The second-order valence-electron chi connectivity index (χ2n) is 5.49. The first-order valence-corrected chi connectivity index (χ1v) is 8.30. The van der Waals surface area contributed by atoms with Crippen LogP contribution in [0.4, 0.5) is 5.69 Å². The highest BCUT2D eigenvalue weighted by Gasteiger charge is 2.13. The van der Waals surface area contributed by atoms with Crippen LogP contribution in [0.2, 0.25) is 0 Å². The van der Waals surface area contributed by atoms with Crippen LogP contribution < -0.4 is 14.8 Å². The van der Waals surface area contributed by atoms with Crippen LogP contribution in [0.5, 0.6) is 11.5 Å². The Bertz CT molecular complexity index is 686. The van der Waals surface area contributed by atoms with Crippen molar-refractivity contribution < 1.29 is 9.47 Å². The molecule has 0 aliphatic rings. The van der Waals surface area contributed by atoms with Crippen molar-refractivity contribution in [1.29, 1.82) is 0 Å². The first kappa shape index (κ1) is 18.1. The Morgan fingerprint density at radius 1 is 1.08 bits per heavy atom. The standard InChI is InChI=1S/C19H24N2O2S/c1-5-14-9-11-16(12-10-14)20-19(24)21(2)13-15-7-6-8-17(22-3)18(15)23-4/h6-12H,5,13H2,1-4H3,(H,20,24). The molecule has 0 saturated carbocycles. The summed E-state index contributed by atoms with van der Waals surface area (Å²) >= 11 is 5.50. The van der Waals surface area contributed by atoms with Crippen molar-refractivity contribution >= 4 is 23.0 Å². The molecule has 0 aliphatic heterocycles. The molecule has 2 aromatic carbocycles. The van der Waals surface area contributed by atoms with E-state index in [1.807, 2.05) is 42.3 Å². The van der Waals surface area contributed by atoms with Crippen molar-refractivity contribution in [1.82, 2.24) is 4.90 Å². The maximum Gasteiger partial charge on any atom is 0.173 e. The number of hydrogen-bond donors (Lipinski definition) is 1. The number of benzene rings is 2. The van der Waals surface area contributed by atoms with Crippen LogP contribution in [-0.4, -0.2) is 31.3 Å². The Labute approximate surface area is 149 Å². The summed E-state index contributed by atoms with van der Waals surface area (Å²) in [6, 6.07) is 14.2. The molecule has 2 aromatic rings. The average molecular weight is 344 g/mol. The summed E-state index contributed by atoms with van der Waals surface area (Å²) in [5, 5.41) is 3.92. The number of hydrogen-bond acceptors (Lipinski definition) is 3. The Morgan fingerprint density at radius 3 is 2.38 bits per heavy atom. The third kappa shape index (κ3) is 4.38. The molecule has 0 bridgehead atoms. The highest BCUT2D eigenvalue weighted by atomic mass is 32.1. The number of nitrogens with one attached hydrogen (secondary N) is 1. The summed E-state index contributed by atoms with van der Waals surface area (Å²) < 4.78 is 10.8. The highest BCUT2D eigenvalue weighted by Crippen LogP contribution is 2.31. The third-order valence-corrected chi connectivity index (χ3v) is 4.27. The van der Waals surface area contributed by atoms with Gasteiger partial charge in [-0.05, 0) is 42.4 Å². The molecule has 128 valence electrons. The van der Waals surface area contributed by atoms with Gasteiger partial charge in [0, 0.05) is 24.8 Å². The molecular formula is C19H24N2O2S. The zero-order chi connectivity index (χ0) is 17.5. The predicted octanol–water partition coefficient (Wildman–Crippen LogP) is 4.10. The maximum absolute atomic E-state index is 5.50. The lowest BCUT2D eigenvalue weighted by molar-refractivity contribution is 0.347. The van der Waals surface area contributed by atoms with Gasteiger partial charge in [-0.1, -0.05) is 31.2 Å². The molecule has 2 rings (SSSR count). The first-order valence-electron chi connectivity index (χ1n) is 7.90. The molecule has 0 saturated heterocycles. The molecule has 0 aliphatic carbocycles. The van der Waals surface area contributed by atoms with Gasteiger partial charge in [0.15, 0.2) is 16.6 Å². The number of rotatable bonds is 6. The lowest BCUT2D eigenvalue weighted by Gasteiger charge is -2.23. The van der Waals surface area contributed by atoms with E-state index in [9.17, 15) is 0 Å². The second kappa shape index (κ2) is 8.55. The quantitative estimate of drug-likeness (QED) is 0.798. The van der Waals surface area contributed by atoms with Gasteiger partial charge in [0.1, 0.15) is 0 Å². The van der Waals surface area contributed by atoms with Gasteiger partial charge < -0.3 is 19.7 Å².